The molecule has 0 radical (unpaired) electrons. The highest BCUT2D eigenvalue weighted by atomic mass is 32.2. The smallest absolute Gasteiger partial charge is 0.339 e. The molecule has 0 bridgehead atoms. The van der Waals surface area contributed by atoms with Gasteiger partial charge in [-0.05, 0) is 11.6 Å². The monoisotopic (exact) mass is 280 g/mol. The van der Waals surface area contributed by atoms with Crippen molar-refractivity contribution in [3.8, 4) is 0 Å². The van der Waals surface area contributed by atoms with Crippen LogP contribution in [0.2, 0.25) is 0 Å². The number of carbonyl (C=O) groups is 1. The van der Waals surface area contributed by atoms with E-state index in [1.807, 2.05) is 0 Å². The van der Waals surface area contributed by atoms with Crippen LogP contribution >= 0.6 is 0 Å². The van der Waals surface area contributed by atoms with Crippen LogP contribution in [0.3, 0.4) is 0 Å². The van der Waals surface area contributed by atoms with Crippen LogP contribution in [0.1, 0.15) is 21.7 Å². The third kappa shape index (κ3) is 3.45. The molecule has 0 aliphatic heterocycles. The topological polar surface area (TPSA) is 84.6 Å². The van der Waals surface area contributed by atoms with E-state index in [9.17, 15) is 13.2 Å². The number of furan rings is 1. The highest BCUT2D eigenvalue weighted by molar-refractivity contribution is 7.89. The van der Waals surface area contributed by atoms with Crippen molar-refractivity contribution >= 4 is 15.8 Å². The summed E-state index contributed by atoms with van der Waals surface area (Å²) in [6, 6.07) is 9.96. The van der Waals surface area contributed by atoms with Gasteiger partial charge in [-0.25, -0.2) is 13.2 Å². The quantitative estimate of drug-likeness (QED) is 0.906. The maximum atomic E-state index is 12.0. The summed E-state index contributed by atoms with van der Waals surface area (Å²) in [7, 11) is -3.47. The molecule has 0 fully saturated rings. The van der Waals surface area contributed by atoms with Gasteiger partial charge in [0.05, 0.1) is 12.0 Å². The summed E-state index contributed by atoms with van der Waals surface area (Å²) in [6.45, 7) is 0. The number of carboxylic acids is 1. The Kier molecular flexibility index (Phi) is 3.71. The summed E-state index contributed by atoms with van der Waals surface area (Å²) in [5.74, 6) is -1.80. The summed E-state index contributed by atoms with van der Waals surface area (Å²) >= 11 is 0. The lowest BCUT2D eigenvalue weighted by atomic mass is 10.2. The van der Waals surface area contributed by atoms with E-state index in [-0.39, 0.29) is 17.1 Å². The average Bonchev–Trinajstić information content (AvgIpc) is 2.77. The fourth-order valence-corrected chi connectivity index (χ4v) is 3.15. The fourth-order valence-electron chi connectivity index (χ4n) is 1.72. The van der Waals surface area contributed by atoms with Crippen molar-refractivity contribution < 1.29 is 22.7 Å². The van der Waals surface area contributed by atoms with Gasteiger partial charge in [-0.15, -0.1) is 0 Å². The molecule has 0 aliphatic carbocycles. The van der Waals surface area contributed by atoms with Gasteiger partial charge in [0.25, 0.3) is 0 Å². The first-order valence-corrected chi connectivity index (χ1v) is 7.34. The number of rotatable bonds is 5. The summed E-state index contributed by atoms with van der Waals surface area (Å²) in [5.41, 5.74) is 0.544. The number of aromatic carboxylic acids is 1. The molecule has 19 heavy (non-hydrogen) atoms. The molecule has 6 heteroatoms. The van der Waals surface area contributed by atoms with Gasteiger partial charge in [-0.1, -0.05) is 30.3 Å². The Balaban J connectivity index is 2.18. The van der Waals surface area contributed by atoms with Crippen LogP contribution < -0.4 is 0 Å². The lowest BCUT2D eigenvalue weighted by molar-refractivity contribution is 0.0695. The van der Waals surface area contributed by atoms with Crippen molar-refractivity contribution in [2.45, 2.75) is 11.5 Å². The predicted molar refractivity (Wildman–Crippen MR) is 68.4 cm³/mol. The number of carboxylic acid groups (broad SMARTS) is 1. The van der Waals surface area contributed by atoms with Gasteiger partial charge in [0.1, 0.15) is 17.1 Å². The summed E-state index contributed by atoms with van der Waals surface area (Å²) in [6.07, 6.45) is 1.18. The zero-order chi connectivity index (χ0) is 13.9. The van der Waals surface area contributed by atoms with E-state index in [4.69, 9.17) is 9.52 Å². The van der Waals surface area contributed by atoms with Gasteiger partial charge in [0.2, 0.25) is 0 Å². The van der Waals surface area contributed by atoms with Gasteiger partial charge in [0, 0.05) is 0 Å². The molecule has 0 saturated heterocycles. The lowest BCUT2D eigenvalue weighted by Crippen LogP contribution is -2.09. The Labute approximate surface area is 110 Å². The molecule has 2 aromatic rings. The molecule has 0 amide bonds. The second-order valence-electron chi connectivity index (χ2n) is 4.08. The van der Waals surface area contributed by atoms with Crippen molar-refractivity contribution in [1.29, 1.82) is 0 Å². The van der Waals surface area contributed by atoms with E-state index < -0.39 is 21.6 Å². The first-order valence-electron chi connectivity index (χ1n) is 5.52. The first kappa shape index (κ1) is 13.4. The standard InChI is InChI=1S/C13H12O5S/c14-13(15)11-6-7-18-12(11)9-19(16,17)8-10-4-2-1-3-5-10/h1-7H,8-9H2,(H,14,15). The van der Waals surface area contributed by atoms with Crippen LogP contribution in [0.15, 0.2) is 47.1 Å². The molecule has 1 N–H and O–H groups in total. The molecule has 5 nitrogen and oxygen atoms in total. The maximum Gasteiger partial charge on any atom is 0.339 e. The van der Waals surface area contributed by atoms with E-state index in [0.717, 1.165) is 0 Å². The molecular formula is C13H12O5S. The van der Waals surface area contributed by atoms with E-state index in [2.05, 4.69) is 0 Å². The molecule has 100 valence electrons. The summed E-state index contributed by atoms with van der Waals surface area (Å²) in [4.78, 5) is 10.9. The van der Waals surface area contributed by atoms with Gasteiger partial charge in [-0.3, -0.25) is 0 Å². The van der Waals surface area contributed by atoms with Crippen molar-refractivity contribution in [2.75, 3.05) is 0 Å². The molecule has 0 atom stereocenters. The summed E-state index contributed by atoms with van der Waals surface area (Å²) < 4.78 is 28.9. The Morgan fingerprint density at radius 1 is 1.11 bits per heavy atom. The second kappa shape index (κ2) is 5.27. The number of benzene rings is 1. The van der Waals surface area contributed by atoms with Crippen molar-refractivity contribution in [3.05, 3.63) is 59.5 Å². The van der Waals surface area contributed by atoms with E-state index in [1.54, 1.807) is 30.3 Å². The third-order valence-corrected chi connectivity index (χ3v) is 4.03. The van der Waals surface area contributed by atoms with Crippen LogP contribution in [0.4, 0.5) is 0 Å². The third-order valence-electron chi connectivity index (χ3n) is 2.56. The first-order chi connectivity index (χ1) is 8.98. The van der Waals surface area contributed by atoms with Gasteiger partial charge in [0.15, 0.2) is 9.84 Å². The Morgan fingerprint density at radius 3 is 2.42 bits per heavy atom. The van der Waals surface area contributed by atoms with Crippen LogP contribution in [0.25, 0.3) is 0 Å². The normalized spacial score (nSPS) is 11.4. The van der Waals surface area contributed by atoms with E-state index >= 15 is 0 Å². The molecule has 2 rings (SSSR count). The molecule has 1 aromatic heterocycles. The minimum Gasteiger partial charge on any atom is -0.478 e. The predicted octanol–water partition coefficient (Wildman–Crippen LogP) is 2.09. The lowest BCUT2D eigenvalue weighted by Gasteiger charge is -2.03. The maximum absolute atomic E-state index is 12.0. The number of sulfone groups is 1. The summed E-state index contributed by atoms with van der Waals surface area (Å²) in [5, 5.41) is 8.89. The van der Waals surface area contributed by atoms with Gasteiger partial charge < -0.3 is 9.52 Å². The minimum absolute atomic E-state index is 0.0385. The number of hydrogen-bond acceptors (Lipinski definition) is 4. The molecule has 0 unspecified atom stereocenters. The molecule has 0 saturated carbocycles. The Morgan fingerprint density at radius 2 is 1.79 bits per heavy atom. The molecular weight excluding hydrogens is 268 g/mol. The second-order valence-corrected chi connectivity index (χ2v) is 6.14. The molecule has 1 heterocycles. The van der Waals surface area contributed by atoms with Crippen LogP contribution in [0.5, 0.6) is 0 Å². The van der Waals surface area contributed by atoms with Crippen LogP contribution in [-0.2, 0) is 21.3 Å². The highest BCUT2D eigenvalue weighted by Gasteiger charge is 2.21. The van der Waals surface area contributed by atoms with Crippen molar-refractivity contribution in [1.82, 2.24) is 0 Å². The fraction of sp³-hybridized carbons (Fsp3) is 0.154. The molecule has 0 spiro atoms. The zero-order valence-corrected chi connectivity index (χ0v) is 10.8. The average molecular weight is 280 g/mol. The van der Waals surface area contributed by atoms with Gasteiger partial charge >= 0.3 is 5.97 Å². The van der Waals surface area contributed by atoms with Crippen LogP contribution in [0, 0.1) is 0 Å². The van der Waals surface area contributed by atoms with E-state index in [1.165, 1.54) is 12.3 Å². The largest absolute Gasteiger partial charge is 0.478 e. The Hall–Kier alpha value is -2.08. The SMILES string of the molecule is O=C(O)c1ccoc1CS(=O)(=O)Cc1ccccc1. The van der Waals surface area contributed by atoms with Gasteiger partial charge in [-0.2, -0.15) is 0 Å². The molecule has 0 aliphatic rings. The zero-order valence-electron chi connectivity index (χ0n) is 9.94. The molecule has 1 aromatic carbocycles. The highest BCUT2D eigenvalue weighted by Crippen LogP contribution is 2.17. The Bertz CT molecular complexity index is 670. The van der Waals surface area contributed by atoms with Crippen LogP contribution in [-0.4, -0.2) is 19.5 Å². The van der Waals surface area contributed by atoms with E-state index in [0.29, 0.717) is 5.56 Å². The minimum atomic E-state index is -3.47. The van der Waals surface area contributed by atoms with Crippen molar-refractivity contribution in [3.63, 3.8) is 0 Å². The van der Waals surface area contributed by atoms with Crippen molar-refractivity contribution in [2.24, 2.45) is 0 Å². The number of hydrogen-bond donors (Lipinski definition) is 1.